The summed E-state index contributed by atoms with van der Waals surface area (Å²) in [5, 5.41) is 9.56. The average molecular weight is 370 g/mol. The predicted octanol–water partition coefficient (Wildman–Crippen LogP) is 3.54. The van der Waals surface area contributed by atoms with Crippen molar-refractivity contribution in [2.75, 3.05) is 19.6 Å². The maximum absolute atomic E-state index is 12.1. The van der Waals surface area contributed by atoms with Crippen molar-refractivity contribution in [2.24, 2.45) is 0 Å². The summed E-state index contributed by atoms with van der Waals surface area (Å²) in [5.41, 5.74) is 1.97. The number of carboxylic acid groups (broad SMARTS) is 1. The van der Waals surface area contributed by atoms with Gasteiger partial charge in [0.1, 0.15) is 5.75 Å². The summed E-state index contributed by atoms with van der Waals surface area (Å²) in [7, 11) is 0. The van der Waals surface area contributed by atoms with Crippen LogP contribution in [-0.4, -0.2) is 46.6 Å². The number of rotatable bonds is 12. The molecule has 0 aliphatic rings. The Morgan fingerprint density at radius 3 is 2.59 bits per heavy atom. The fourth-order valence-corrected chi connectivity index (χ4v) is 2.96. The van der Waals surface area contributed by atoms with Gasteiger partial charge in [-0.2, -0.15) is 0 Å². The first-order chi connectivity index (χ1) is 13.0. The van der Waals surface area contributed by atoms with Crippen LogP contribution in [0.4, 0.5) is 0 Å². The van der Waals surface area contributed by atoms with Crippen molar-refractivity contribution in [2.45, 2.75) is 25.7 Å². The van der Waals surface area contributed by atoms with E-state index in [0.29, 0.717) is 5.75 Å². The lowest BCUT2D eigenvalue weighted by molar-refractivity contribution is -0.137. The Morgan fingerprint density at radius 1 is 1.19 bits per heavy atom. The van der Waals surface area contributed by atoms with E-state index in [4.69, 9.17) is 9.84 Å². The van der Waals surface area contributed by atoms with Gasteiger partial charge in [0.2, 0.25) is 0 Å². The number of ether oxygens (including phenoxy) is 1. The van der Waals surface area contributed by atoms with Gasteiger partial charge in [0.25, 0.3) is 0 Å². The molecule has 0 unspecified atom stereocenters. The number of hydrogen-bond donors (Lipinski definition) is 2. The largest absolute Gasteiger partial charge is 0.481 e. The molecule has 27 heavy (non-hydrogen) atoms. The van der Waals surface area contributed by atoms with Crippen molar-refractivity contribution < 1.29 is 19.4 Å². The van der Waals surface area contributed by atoms with Crippen molar-refractivity contribution in [1.82, 2.24) is 9.88 Å². The average Bonchev–Trinajstić information content (AvgIpc) is 3.04. The fourth-order valence-electron chi connectivity index (χ4n) is 2.96. The number of carboxylic acids is 1. The van der Waals surface area contributed by atoms with Crippen molar-refractivity contribution in [3.63, 3.8) is 0 Å². The van der Waals surface area contributed by atoms with Crippen LogP contribution in [0.3, 0.4) is 0 Å². The molecule has 1 heterocycles. The second kappa shape index (κ2) is 10.3. The number of benzene rings is 1. The third-order valence-corrected chi connectivity index (χ3v) is 4.22. The summed E-state index contributed by atoms with van der Waals surface area (Å²) in [6, 6.07) is 5.52. The molecule has 0 radical (unpaired) electrons. The maximum Gasteiger partial charge on any atom is 0.311 e. The van der Waals surface area contributed by atoms with Crippen LogP contribution < -0.4 is 4.74 Å². The third-order valence-electron chi connectivity index (χ3n) is 4.22. The number of aromatic nitrogens is 1. The van der Waals surface area contributed by atoms with Gasteiger partial charge in [-0.05, 0) is 30.5 Å². The highest BCUT2D eigenvalue weighted by Gasteiger charge is 2.14. The van der Waals surface area contributed by atoms with Crippen molar-refractivity contribution in [3.8, 4) is 5.75 Å². The molecule has 0 spiro atoms. The van der Waals surface area contributed by atoms with Crippen molar-refractivity contribution in [1.29, 1.82) is 0 Å². The summed E-state index contributed by atoms with van der Waals surface area (Å²) in [6.45, 7) is 9.95. The van der Waals surface area contributed by atoms with Crippen LogP contribution >= 0.6 is 0 Å². The summed E-state index contributed by atoms with van der Waals surface area (Å²) in [5.74, 6) is -0.833. The fraction of sp³-hybridized carbons (Fsp3) is 0.333. The molecule has 0 aliphatic heterocycles. The highest BCUT2D eigenvalue weighted by Crippen LogP contribution is 2.29. The lowest BCUT2D eigenvalue weighted by Crippen LogP contribution is -2.26. The Kier molecular flexibility index (Phi) is 7.82. The number of esters is 1. The van der Waals surface area contributed by atoms with Gasteiger partial charge in [0.15, 0.2) is 0 Å². The Morgan fingerprint density at radius 2 is 1.93 bits per heavy atom. The topological polar surface area (TPSA) is 82.6 Å². The minimum absolute atomic E-state index is 0.0445. The number of nitrogens with one attached hydrogen (secondary N) is 1. The van der Waals surface area contributed by atoms with E-state index in [9.17, 15) is 9.59 Å². The minimum Gasteiger partial charge on any atom is -0.481 e. The summed E-state index contributed by atoms with van der Waals surface area (Å²) < 4.78 is 5.51. The number of H-pyrrole nitrogens is 1. The van der Waals surface area contributed by atoms with Gasteiger partial charge in [-0.1, -0.05) is 18.2 Å². The van der Waals surface area contributed by atoms with Crippen LogP contribution in [0, 0.1) is 0 Å². The molecule has 0 saturated carbocycles. The molecule has 0 bridgehead atoms. The molecule has 1 aromatic carbocycles. The van der Waals surface area contributed by atoms with Gasteiger partial charge < -0.3 is 14.8 Å². The maximum atomic E-state index is 12.1. The lowest BCUT2D eigenvalue weighted by atomic mass is 10.1. The molecule has 1 aromatic heterocycles. The SMILES string of the molecule is C=CCN(CC=C)CCc1c[nH]c2cccc(OC(=O)CCCC(=O)O)c12. The Hall–Kier alpha value is -2.86. The van der Waals surface area contributed by atoms with Gasteiger partial charge in [-0.25, -0.2) is 0 Å². The van der Waals surface area contributed by atoms with Crippen LogP contribution in [-0.2, 0) is 16.0 Å². The van der Waals surface area contributed by atoms with Crippen LogP contribution in [0.2, 0.25) is 0 Å². The smallest absolute Gasteiger partial charge is 0.311 e. The van der Waals surface area contributed by atoms with E-state index < -0.39 is 11.9 Å². The van der Waals surface area contributed by atoms with Gasteiger partial charge in [0, 0.05) is 49.6 Å². The first-order valence-electron chi connectivity index (χ1n) is 9.00. The molecule has 6 nitrogen and oxygen atoms in total. The lowest BCUT2D eigenvalue weighted by Gasteiger charge is -2.18. The molecule has 0 aliphatic carbocycles. The highest BCUT2D eigenvalue weighted by molar-refractivity contribution is 5.91. The molecule has 0 fully saturated rings. The zero-order valence-electron chi connectivity index (χ0n) is 15.4. The molecular weight excluding hydrogens is 344 g/mol. The van der Waals surface area contributed by atoms with Crippen LogP contribution in [0.25, 0.3) is 10.9 Å². The van der Waals surface area contributed by atoms with Crippen molar-refractivity contribution in [3.05, 3.63) is 55.3 Å². The molecule has 2 rings (SSSR count). The molecule has 6 heteroatoms. The van der Waals surface area contributed by atoms with E-state index >= 15 is 0 Å². The number of carbonyl (C=O) groups is 2. The Balaban J connectivity index is 2.10. The standard InChI is InChI=1S/C21H26N2O4/c1-3-12-23(13-4-2)14-11-16-15-22-17-7-5-8-18(21(16)17)27-20(26)10-6-9-19(24)25/h3-5,7-8,15,22H,1-2,6,9-14H2,(H,24,25). The Bertz CT molecular complexity index is 800. The summed E-state index contributed by atoms with van der Waals surface area (Å²) in [6.07, 6.45) is 6.75. The monoisotopic (exact) mass is 370 g/mol. The first kappa shape index (κ1) is 20.5. The minimum atomic E-state index is -0.915. The number of carbonyl (C=O) groups excluding carboxylic acids is 1. The van der Waals surface area contributed by atoms with E-state index in [0.717, 1.165) is 42.5 Å². The number of hydrogen-bond acceptors (Lipinski definition) is 4. The number of fused-ring (bicyclic) bond motifs is 1. The van der Waals surface area contributed by atoms with E-state index in [1.165, 1.54) is 0 Å². The molecule has 2 N–H and O–H groups in total. The van der Waals surface area contributed by atoms with Crippen LogP contribution in [0.15, 0.2) is 49.7 Å². The summed E-state index contributed by atoms with van der Waals surface area (Å²) >= 11 is 0. The van der Waals surface area contributed by atoms with Gasteiger partial charge >= 0.3 is 11.9 Å². The Labute approximate surface area is 159 Å². The molecule has 0 amide bonds. The van der Waals surface area contributed by atoms with Crippen LogP contribution in [0.5, 0.6) is 5.75 Å². The van der Waals surface area contributed by atoms with Gasteiger partial charge in [0.05, 0.1) is 0 Å². The molecule has 0 saturated heterocycles. The van der Waals surface area contributed by atoms with Gasteiger partial charge in [-0.15, -0.1) is 13.2 Å². The van der Waals surface area contributed by atoms with Crippen LogP contribution in [0.1, 0.15) is 24.8 Å². The normalized spacial score (nSPS) is 10.9. The number of aliphatic carboxylic acids is 1. The predicted molar refractivity (Wildman–Crippen MR) is 106 cm³/mol. The second-order valence-corrected chi connectivity index (χ2v) is 6.30. The van der Waals surface area contributed by atoms with Gasteiger partial charge in [-0.3, -0.25) is 14.5 Å². The molecule has 0 atom stereocenters. The molecule has 144 valence electrons. The zero-order chi connectivity index (χ0) is 19.6. The number of aromatic amines is 1. The molecular formula is C21H26N2O4. The second-order valence-electron chi connectivity index (χ2n) is 6.30. The van der Waals surface area contributed by atoms with E-state index in [1.54, 1.807) is 6.07 Å². The summed E-state index contributed by atoms with van der Waals surface area (Å²) in [4.78, 5) is 28.1. The van der Waals surface area contributed by atoms with E-state index in [1.807, 2.05) is 30.5 Å². The van der Waals surface area contributed by atoms with E-state index in [2.05, 4.69) is 23.0 Å². The van der Waals surface area contributed by atoms with E-state index in [-0.39, 0.29) is 19.3 Å². The quantitative estimate of drug-likeness (QED) is 0.339. The first-order valence-corrected chi connectivity index (χ1v) is 9.00. The zero-order valence-corrected chi connectivity index (χ0v) is 15.4. The highest BCUT2D eigenvalue weighted by atomic mass is 16.5. The van der Waals surface area contributed by atoms with Crippen molar-refractivity contribution >= 4 is 22.8 Å². The number of nitrogens with zero attached hydrogens (tertiary/aromatic N) is 1. The molecule has 2 aromatic rings. The third kappa shape index (κ3) is 6.11.